The molecule has 2 aliphatic rings. The van der Waals surface area contributed by atoms with Gasteiger partial charge in [-0.15, -0.1) is 5.10 Å². The van der Waals surface area contributed by atoms with Crippen LogP contribution in [0.4, 0.5) is 11.4 Å². The number of fused-ring (bicyclic) bond motifs is 1. The van der Waals surface area contributed by atoms with Crippen molar-refractivity contribution in [2.24, 2.45) is 5.92 Å². The maximum atomic E-state index is 12.6. The third-order valence-electron chi connectivity index (χ3n) is 5.17. The highest BCUT2D eigenvalue weighted by Crippen LogP contribution is 2.30. The number of benzene rings is 1. The number of H-pyrrole nitrogens is 1. The molecule has 0 bridgehead atoms. The number of hydrogen-bond donors (Lipinski definition) is 2. The SMILES string of the molecule is O=C1CN(C(=O)CSc2n[nH]c(CCC3CCCC3)n2)c2ccccc2N1. The van der Waals surface area contributed by atoms with Crippen LogP contribution in [0.3, 0.4) is 0 Å². The fourth-order valence-corrected chi connectivity index (χ4v) is 4.45. The number of nitrogens with one attached hydrogen (secondary N) is 2. The first-order valence-corrected chi connectivity index (χ1v) is 10.4. The summed E-state index contributed by atoms with van der Waals surface area (Å²) in [4.78, 5) is 30.5. The van der Waals surface area contributed by atoms with E-state index in [1.807, 2.05) is 18.2 Å². The monoisotopic (exact) mass is 385 g/mol. The first-order valence-electron chi connectivity index (χ1n) is 9.42. The lowest BCUT2D eigenvalue weighted by Gasteiger charge is -2.28. The van der Waals surface area contributed by atoms with Crippen LogP contribution in [0.1, 0.15) is 37.9 Å². The number of nitrogens with zero attached hydrogens (tertiary/aromatic N) is 3. The first-order chi connectivity index (χ1) is 13.2. The largest absolute Gasteiger partial charge is 0.323 e. The van der Waals surface area contributed by atoms with Crippen LogP contribution < -0.4 is 10.2 Å². The van der Waals surface area contributed by atoms with Gasteiger partial charge in [-0.1, -0.05) is 49.6 Å². The number of anilines is 2. The molecular weight excluding hydrogens is 362 g/mol. The summed E-state index contributed by atoms with van der Waals surface area (Å²) in [5, 5.41) is 10.6. The van der Waals surface area contributed by atoms with Crippen LogP contribution in [-0.2, 0) is 16.0 Å². The summed E-state index contributed by atoms with van der Waals surface area (Å²) in [6.45, 7) is 0.0387. The molecule has 1 fully saturated rings. The average molecular weight is 385 g/mol. The van der Waals surface area contributed by atoms with E-state index in [2.05, 4.69) is 20.5 Å². The molecule has 0 atom stereocenters. The molecule has 0 saturated heterocycles. The molecule has 1 aromatic carbocycles. The number of carbonyl (C=O) groups is 2. The minimum absolute atomic E-state index is 0.0387. The molecule has 1 aliphatic carbocycles. The zero-order chi connectivity index (χ0) is 18.6. The molecule has 2 heterocycles. The van der Waals surface area contributed by atoms with Crippen molar-refractivity contribution in [1.82, 2.24) is 15.2 Å². The molecule has 0 radical (unpaired) electrons. The standard InChI is InChI=1S/C19H23N5O2S/c25-17-11-24(15-8-4-3-7-14(15)20-17)18(26)12-27-19-21-16(22-23-19)10-9-13-5-1-2-6-13/h3-4,7-8,13H,1-2,5-6,9-12H2,(H,20,25)(H,21,22,23). The summed E-state index contributed by atoms with van der Waals surface area (Å²) >= 11 is 1.30. The number of amides is 2. The third-order valence-corrected chi connectivity index (χ3v) is 6.00. The van der Waals surface area contributed by atoms with Crippen molar-refractivity contribution in [3.05, 3.63) is 30.1 Å². The Morgan fingerprint density at radius 3 is 2.93 bits per heavy atom. The van der Waals surface area contributed by atoms with E-state index < -0.39 is 0 Å². The van der Waals surface area contributed by atoms with Crippen LogP contribution >= 0.6 is 11.8 Å². The van der Waals surface area contributed by atoms with Gasteiger partial charge in [0, 0.05) is 6.42 Å². The van der Waals surface area contributed by atoms with E-state index in [1.165, 1.54) is 42.3 Å². The van der Waals surface area contributed by atoms with Crippen molar-refractivity contribution < 1.29 is 9.59 Å². The molecule has 8 heteroatoms. The Kier molecular flexibility index (Phi) is 5.42. The molecule has 1 aliphatic heterocycles. The Bertz CT molecular complexity index is 831. The van der Waals surface area contributed by atoms with Crippen molar-refractivity contribution in [3.8, 4) is 0 Å². The maximum Gasteiger partial charge on any atom is 0.244 e. The zero-order valence-corrected chi connectivity index (χ0v) is 15.9. The summed E-state index contributed by atoms with van der Waals surface area (Å²) in [6, 6.07) is 7.33. The van der Waals surface area contributed by atoms with Crippen LogP contribution in [-0.4, -0.2) is 39.3 Å². The Morgan fingerprint density at radius 2 is 2.07 bits per heavy atom. The Morgan fingerprint density at radius 1 is 1.26 bits per heavy atom. The lowest BCUT2D eigenvalue weighted by molar-refractivity contribution is -0.120. The second-order valence-electron chi connectivity index (χ2n) is 7.09. The number of aromatic amines is 1. The Labute approximate surface area is 162 Å². The number of para-hydroxylation sites is 2. The van der Waals surface area contributed by atoms with E-state index in [0.29, 0.717) is 10.8 Å². The van der Waals surface area contributed by atoms with Gasteiger partial charge in [0.2, 0.25) is 17.0 Å². The molecular formula is C19H23N5O2S. The fourth-order valence-electron chi connectivity index (χ4n) is 3.75. The van der Waals surface area contributed by atoms with Crippen molar-refractivity contribution >= 4 is 35.0 Å². The summed E-state index contributed by atoms with van der Waals surface area (Å²) in [7, 11) is 0. The molecule has 142 valence electrons. The van der Waals surface area contributed by atoms with Crippen LogP contribution in [0, 0.1) is 5.92 Å². The summed E-state index contributed by atoms with van der Waals surface area (Å²) < 4.78 is 0. The number of aryl methyl sites for hydroxylation is 1. The molecule has 27 heavy (non-hydrogen) atoms. The topological polar surface area (TPSA) is 91.0 Å². The van der Waals surface area contributed by atoms with E-state index in [1.54, 1.807) is 6.07 Å². The predicted molar refractivity (Wildman–Crippen MR) is 105 cm³/mol. The van der Waals surface area contributed by atoms with E-state index in [-0.39, 0.29) is 24.1 Å². The quantitative estimate of drug-likeness (QED) is 0.746. The molecule has 1 aromatic heterocycles. The van der Waals surface area contributed by atoms with Gasteiger partial charge in [0.15, 0.2) is 0 Å². The maximum absolute atomic E-state index is 12.6. The predicted octanol–water partition coefficient (Wildman–Crippen LogP) is 3.00. The molecule has 1 saturated carbocycles. The van der Waals surface area contributed by atoms with Gasteiger partial charge in [-0.25, -0.2) is 4.98 Å². The summed E-state index contributed by atoms with van der Waals surface area (Å²) in [5.41, 5.74) is 1.40. The lowest BCUT2D eigenvalue weighted by atomic mass is 10.0. The molecule has 0 unspecified atom stereocenters. The average Bonchev–Trinajstić information content (AvgIpc) is 3.35. The summed E-state index contributed by atoms with van der Waals surface area (Å²) in [5.74, 6) is 1.60. The number of aromatic nitrogens is 3. The molecule has 0 spiro atoms. The molecule has 7 nitrogen and oxygen atoms in total. The fraction of sp³-hybridized carbons (Fsp3) is 0.474. The van der Waals surface area contributed by atoms with E-state index in [4.69, 9.17) is 0 Å². The van der Waals surface area contributed by atoms with E-state index in [9.17, 15) is 9.59 Å². The highest BCUT2D eigenvalue weighted by Gasteiger charge is 2.26. The third kappa shape index (κ3) is 4.32. The van der Waals surface area contributed by atoms with Crippen LogP contribution in [0.2, 0.25) is 0 Å². The minimum Gasteiger partial charge on any atom is -0.323 e. The Hall–Kier alpha value is -2.35. The number of hydrogen-bond acceptors (Lipinski definition) is 5. The highest BCUT2D eigenvalue weighted by atomic mass is 32.2. The van der Waals surface area contributed by atoms with Gasteiger partial charge in [-0.05, 0) is 24.5 Å². The van der Waals surface area contributed by atoms with Gasteiger partial charge < -0.3 is 10.2 Å². The van der Waals surface area contributed by atoms with Crippen LogP contribution in [0.15, 0.2) is 29.4 Å². The van der Waals surface area contributed by atoms with Gasteiger partial charge in [0.1, 0.15) is 12.4 Å². The lowest BCUT2D eigenvalue weighted by Crippen LogP contribution is -2.43. The minimum atomic E-state index is -0.181. The van der Waals surface area contributed by atoms with Gasteiger partial charge in [-0.2, -0.15) is 0 Å². The summed E-state index contributed by atoms with van der Waals surface area (Å²) in [6.07, 6.45) is 7.41. The zero-order valence-electron chi connectivity index (χ0n) is 15.1. The van der Waals surface area contributed by atoms with Gasteiger partial charge >= 0.3 is 0 Å². The Balaban J connectivity index is 1.32. The molecule has 2 amide bonds. The van der Waals surface area contributed by atoms with Crippen molar-refractivity contribution in [2.75, 3.05) is 22.5 Å². The van der Waals surface area contributed by atoms with Crippen LogP contribution in [0.25, 0.3) is 0 Å². The van der Waals surface area contributed by atoms with E-state index in [0.717, 1.165) is 30.3 Å². The number of carbonyl (C=O) groups excluding carboxylic acids is 2. The number of thioether (sulfide) groups is 1. The van der Waals surface area contributed by atoms with Gasteiger partial charge in [0.25, 0.3) is 0 Å². The normalized spacial score (nSPS) is 17.0. The second-order valence-corrected chi connectivity index (χ2v) is 8.03. The molecule has 2 N–H and O–H groups in total. The molecule has 2 aromatic rings. The highest BCUT2D eigenvalue weighted by molar-refractivity contribution is 7.99. The van der Waals surface area contributed by atoms with Crippen molar-refractivity contribution in [1.29, 1.82) is 0 Å². The van der Waals surface area contributed by atoms with Crippen LogP contribution in [0.5, 0.6) is 0 Å². The van der Waals surface area contributed by atoms with Gasteiger partial charge in [-0.3, -0.25) is 14.7 Å². The molecule has 4 rings (SSSR count). The smallest absolute Gasteiger partial charge is 0.244 e. The van der Waals surface area contributed by atoms with Crippen molar-refractivity contribution in [2.45, 2.75) is 43.7 Å². The first kappa shape index (κ1) is 18.0. The number of rotatable bonds is 6. The second kappa shape index (κ2) is 8.12. The van der Waals surface area contributed by atoms with E-state index >= 15 is 0 Å². The van der Waals surface area contributed by atoms with Gasteiger partial charge in [0.05, 0.1) is 17.1 Å². The van der Waals surface area contributed by atoms with Crippen molar-refractivity contribution in [3.63, 3.8) is 0 Å².